The van der Waals surface area contributed by atoms with Crippen LogP contribution in [0.2, 0.25) is 0 Å². The number of ether oxygens (including phenoxy) is 3. The predicted molar refractivity (Wildman–Crippen MR) is 144 cm³/mol. The van der Waals surface area contributed by atoms with Crippen LogP contribution in [0.1, 0.15) is 64.0 Å². The number of fused-ring (bicyclic) bond motifs is 2. The van der Waals surface area contributed by atoms with Crippen LogP contribution in [0.5, 0.6) is 5.75 Å². The van der Waals surface area contributed by atoms with Crippen LogP contribution in [0.4, 0.5) is 0 Å². The summed E-state index contributed by atoms with van der Waals surface area (Å²) >= 11 is 0. The Hall–Kier alpha value is -3.08. The number of esters is 2. The standard InChI is InChI=1S/C32H40O5/c1-5-22(2)19-32(20-23(3)30(33)35-4,26-9-7-6-8-10-26)27-13-15-28(16-14-27)36-21-37-31(34)29-18-24-11-12-25(29)17-24/h6-16,22-25,29H,5,17-21H2,1-4H3. The van der Waals surface area contributed by atoms with E-state index >= 15 is 0 Å². The number of benzene rings is 2. The van der Waals surface area contributed by atoms with Gasteiger partial charge >= 0.3 is 11.9 Å². The fourth-order valence-corrected chi connectivity index (χ4v) is 6.21. The summed E-state index contributed by atoms with van der Waals surface area (Å²) in [4.78, 5) is 25.0. The zero-order chi connectivity index (χ0) is 26.4. The lowest BCUT2D eigenvalue weighted by molar-refractivity contribution is -0.156. The Morgan fingerprint density at radius 2 is 1.65 bits per heavy atom. The second-order valence-corrected chi connectivity index (χ2v) is 10.9. The first-order valence-corrected chi connectivity index (χ1v) is 13.6. The fraction of sp³-hybridized carbons (Fsp3) is 0.500. The van der Waals surface area contributed by atoms with Crippen LogP contribution in [0.15, 0.2) is 66.7 Å². The molecule has 198 valence electrons. The van der Waals surface area contributed by atoms with E-state index in [1.807, 2.05) is 25.1 Å². The van der Waals surface area contributed by atoms with Gasteiger partial charge in [0, 0.05) is 5.41 Å². The summed E-state index contributed by atoms with van der Waals surface area (Å²) < 4.78 is 16.3. The van der Waals surface area contributed by atoms with Gasteiger partial charge in [0.25, 0.3) is 0 Å². The van der Waals surface area contributed by atoms with Gasteiger partial charge in [-0.15, -0.1) is 0 Å². The minimum absolute atomic E-state index is 0.0372. The minimum Gasteiger partial charge on any atom is -0.469 e. The number of methoxy groups -OCH3 is 1. The van der Waals surface area contributed by atoms with Crippen LogP contribution in [-0.4, -0.2) is 25.8 Å². The van der Waals surface area contributed by atoms with Crippen molar-refractivity contribution in [2.24, 2.45) is 29.6 Å². The Morgan fingerprint density at radius 3 is 2.24 bits per heavy atom. The second-order valence-electron chi connectivity index (χ2n) is 10.9. The molecule has 0 aromatic heterocycles. The number of hydrogen-bond donors (Lipinski definition) is 0. The van der Waals surface area contributed by atoms with Crippen molar-refractivity contribution in [2.45, 2.75) is 58.3 Å². The summed E-state index contributed by atoms with van der Waals surface area (Å²) in [5.74, 6) is 1.30. The molecular weight excluding hydrogens is 464 g/mol. The molecule has 2 aromatic rings. The molecule has 0 saturated heterocycles. The zero-order valence-electron chi connectivity index (χ0n) is 22.5. The molecule has 2 aliphatic carbocycles. The van der Waals surface area contributed by atoms with Gasteiger partial charge in [0.1, 0.15) is 5.75 Å². The predicted octanol–water partition coefficient (Wildman–Crippen LogP) is 6.70. The summed E-state index contributed by atoms with van der Waals surface area (Å²) in [6.45, 7) is 6.32. The molecule has 2 bridgehead atoms. The molecule has 37 heavy (non-hydrogen) atoms. The first-order valence-electron chi connectivity index (χ1n) is 13.6. The molecule has 6 unspecified atom stereocenters. The lowest BCUT2D eigenvalue weighted by Gasteiger charge is -2.39. The van der Waals surface area contributed by atoms with Gasteiger partial charge < -0.3 is 14.2 Å². The quantitative estimate of drug-likeness (QED) is 0.183. The average Bonchev–Trinajstić information content (AvgIpc) is 3.57. The lowest BCUT2D eigenvalue weighted by Crippen LogP contribution is -2.34. The highest BCUT2D eigenvalue weighted by atomic mass is 16.7. The van der Waals surface area contributed by atoms with E-state index in [9.17, 15) is 9.59 Å². The highest BCUT2D eigenvalue weighted by Crippen LogP contribution is 2.45. The molecule has 2 aliphatic rings. The zero-order valence-corrected chi connectivity index (χ0v) is 22.5. The normalized spacial score (nSPS) is 23.2. The molecule has 0 heterocycles. The van der Waals surface area contributed by atoms with E-state index in [0.717, 1.165) is 31.2 Å². The van der Waals surface area contributed by atoms with Crippen molar-refractivity contribution in [3.05, 3.63) is 77.9 Å². The van der Waals surface area contributed by atoms with Gasteiger partial charge in [-0.3, -0.25) is 9.59 Å². The van der Waals surface area contributed by atoms with Crippen molar-refractivity contribution in [3.8, 4) is 5.75 Å². The Kier molecular flexibility index (Phi) is 8.73. The Labute approximate surface area is 221 Å². The topological polar surface area (TPSA) is 61.8 Å². The number of carbonyl (C=O) groups is 2. The van der Waals surface area contributed by atoms with Crippen molar-refractivity contribution >= 4 is 11.9 Å². The molecular formula is C32H40O5. The molecule has 5 heteroatoms. The van der Waals surface area contributed by atoms with E-state index in [4.69, 9.17) is 14.2 Å². The maximum Gasteiger partial charge on any atom is 0.312 e. The molecule has 0 amide bonds. The van der Waals surface area contributed by atoms with Gasteiger partial charge in [0.05, 0.1) is 18.9 Å². The summed E-state index contributed by atoms with van der Waals surface area (Å²) in [7, 11) is 1.45. The molecule has 2 aromatic carbocycles. The highest BCUT2D eigenvalue weighted by molar-refractivity contribution is 5.74. The summed E-state index contributed by atoms with van der Waals surface area (Å²) in [5.41, 5.74) is 1.96. The average molecular weight is 505 g/mol. The van der Waals surface area contributed by atoms with Crippen molar-refractivity contribution in [3.63, 3.8) is 0 Å². The molecule has 4 rings (SSSR count). The number of allylic oxidation sites excluding steroid dienone is 2. The Bertz CT molecular complexity index is 1080. The van der Waals surface area contributed by atoms with E-state index in [2.05, 4.69) is 62.4 Å². The van der Waals surface area contributed by atoms with E-state index in [0.29, 0.717) is 29.9 Å². The third-order valence-corrected chi connectivity index (χ3v) is 8.39. The van der Waals surface area contributed by atoms with Gasteiger partial charge in [-0.2, -0.15) is 0 Å². The summed E-state index contributed by atoms with van der Waals surface area (Å²) in [5, 5.41) is 0. The van der Waals surface area contributed by atoms with Gasteiger partial charge in [-0.25, -0.2) is 0 Å². The van der Waals surface area contributed by atoms with E-state index in [1.54, 1.807) is 0 Å². The van der Waals surface area contributed by atoms with Crippen molar-refractivity contribution in [1.82, 2.24) is 0 Å². The molecule has 1 saturated carbocycles. The highest BCUT2D eigenvalue weighted by Gasteiger charge is 2.41. The van der Waals surface area contributed by atoms with Crippen LogP contribution >= 0.6 is 0 Å². The van der Waals surface area contributed by atoms with Crippen LogP contribution in [0, 0.1) is 29.6 Å². The maximum absolute atomic E-state index is 12.5. The smallest absolute Gasteiger partial charge is 0.312 e. The lowest BCUT2D eigenvalue weighted by atomic mass is 9.64. The minimum atomic E-state index is -0.357. The third kappa shape index (κ3) is 6.08. The van der Waals surface area contributed by atoms with Crippen LogP contribution in [-0.2, 0) is 24.5 Å². The van der Waals surface area contributed by atoms with Gasteiger partial charge in [-0.1, -0.05) is 81.8 Å². The van der Waals surface area contributed by atoms with Crippen molar-refractivity contribution < 1.29 is 23.8 Å². The van der Waals surface area contributed by atoms with Gasteiger partial charge in [0.15, 0.2) is 0 Å². The monoisotopic (exact) mass is 504 g/mol. The van der Waals surface area contributed by atoms with E-state index < -0.39 is 0 Å². The molecule has 0 radical (unpaired) electrons. The Balaban J connectivity index is 1.52. The molecule has 1 fully saturated rings. The van der Waals surface area contributed by atoms with Gasteiger partial charge in [-0.05, 0) is 66.7 Å². The third-order valence-electron chi connectivity index (χ3n) is 8.39. The number of carbonyl (C=O) groups excluding carboxylic acids is 2. The first-order chi connectivity index (χ1) is 17.9. The molecule has 6 atom stereocenters. The van der Waals surface area contributed by atoms with Crippen LogP contribution in [0.25, 0.3) is 0 Å². The number of rotatable bonds is 12. The fourth-order valence-electron chi connectivity index (χ4n) is 6.21. The summed E-state index contributed by atoms with van der Waals surface area (Å²) in [6, 6.07) is 18.5. The largest absolute Gasteiger partial charge is 0.469 e. The SMILES string of the molecule is CCC(C)CC(CC(C)C(=O)OC)(c1ccccc1)c1ccc(OCOC(=O)C2CC3C=CC2C3)cc1. The van der Waals surface area contributed by atoms with Crippen LogP contribution in [0.3, 0.4) is 0 Å². The van der Waals surface area contributed by atoms with Crippen molar-refractivity contribution in [1.29, 1.82) is 0 Å². The van der Waals surface area contributed by atoms with Gasteiger partial charge in [0.2, 0.25) is 6.79 Å². The second kappa shape index (κ2) is 12.0. The first kappa shape index (κ1) is 27.0. The maximum atomic E-state index is 12.5. The molecule has 0 spiro atoms. The number of hydrogen-bond acceptors (Lipinski definition) is 5. The molecule has 0 aliphatic heterocycles. The van der Waals surface area contributed by atoms with E-state index in [1.165, 1.54) is 12.7 Å². The summed E-state index contributed by atoms with van der Waals surface area (Å²) in [6.07, 6.45) is 8.92. The van der Waals surface area contributed by atoms with Crippen molar-refractivity contribution in [2.75, 3.05) is 13.9 Å². The van der Waals surface area contributed by atoms with Crippen LogP contribution < -0.4 is 4.74 Å². The molecule has 0 N–H and O–H groups in total. The Morgan fingerprint density at radius 1 is 0.946 bits per heavy atom. The molecule has 5 nitrogen and oxygen atoms in total. The van der Waals surface area contributed by atoms with E-state index in [-0.39, 0.29) is 36.0 Å².